The van der Waals surface area contributed by atoms with Gasteiger partial charge in [0.25, 0.3) is 5.91 Å². The third kappa shape index (κ3) is 2.58. The second kappa shape index (κ2) is 5.37. The van der Waals surface area contributed by atoms with E-state index in [2.05, 4.69) is 0 Å². The minimum Gasteiger partial charge on any atom is -0.481 e. The van der Waals surface area contributed by atoms with Gasteiger partial charge in [-0.3, -0.25) is 14.4 Å². The van der Waals surface area contributed by atoms with Crippen LogP contribution in [0.3, 0.4) is 0 Å². The van der Waals surface area contributed by atoms with Gasteiger partial charge in [0.1, 0.15) is 0 Å². The maximum Gasteiger partial charge on any atom is 0.311 e. The molecule has 2 aliphatic rings. The van der Waals surface area contributed by atoms with Gasteiger partial charge in [-0.2, -0.15) is 0 Å². The molecule has 1 fully saturated rings. The average Bonchev–Trinajstić information content (AvgIpc) is 3.10. The topological polar surface area (TPSA) is 77.9 Å². The molecule has 6 nitrogen and oxygen atoms in total. The van der Waals surface area contributed by atoms with Gasteiger partial charge in [-0.05, 0) is 43.5 Å². The third-order valence-electron chi connectivity index (χ3n) is 4.88. The molecule has 0 aliphatic carbocycles. The van der Waals surface area contributed by atoms with Crippen molar-refractivity contribution in [3.8, 4) is 0 Å². The van der Waals surface area contributed by atoms with Crippen molar-refractivity contribution in [2.45, 2.75) is 26.7 Å². The summed E-state index contributed by atoms with van der Waals surface area (Å²) in [6, 6.07) is 5.36. The molecule has 0 aromatic heterocycles. The Kier molecular flexibility index (Phi) is 3.62. The van der Waals surface area contributed by atoms with Crippen molar-refractivity contribution in [2.75, 3.05) is 24.5 Å². The van der Waals surface area contributed by atoms with Crippen LogP contribution in [0, 0.1) is 5.41 Å². The molecule has 6 heteroatoms. The van der Waals surface area contributed by atoms with E-state index in [1.807, 2.05) is 12.1 Å². The summed E-state index contributed by atoms with van der Waals surface area (Å²) in [5.74, 6) is -1.00. The van der Waals surface area contributed by atoms with Gasteiger partial charge in [-0.1, -0.05) is 0 Å². The summed E-state index contributed by atoms with van der Waals surface area (Å²) in [7, 11) is 0. The zero-order valence-electron chi connectivity index (χ0n) is 13.3. The molecule has 1 atom stereocenters. The number of carbonyl (C=O) groups excluding carboxylic acids is 2. The van der Waals surface area contributed by atoms with Gasteiger partial charge < -0.3 is 14.9 Å². The second-order valence-electron chi connectivity index (χ2n) is 6.61. The summed E-state index contributed by atoms with van der Waals surface area (Å²) in [5.41, 5.74) is 1.55. The van der Waals surface area contributed by atoms with Gasteiger partial charge >= 0.3 is 5.97 Å². The Morgan fingerprint density at radius 3 is 2.57 bits per heavy atom. The predicted octanol–water partition coefficient (Wildman–Crippen LogP) is 1.53. The highest BCUT2D eigenvalue weighted by Crippen LogP contribution is 2.33. The Balaban J connectivity index is 1.80. The number of carboxylic acids is 1. The van der Waals surface area contributed by atoms with E-state index in [4.69, 9.17) is 0 Å². The van der Waals surface area contributed by atoms with Crippen LogP contribution in [0.5, 0.6) is 0 Å². The van der Waals surface area contributed by atoms with Gasteiger partial charge in [0.15, 0.2) is 0 Å². The fourth-order valence-electron chi connectivity index (χ4n) is 3.35. The van der Waals surface area contributed by atoms with Gasteiger partial charge in [-0.25, -0.2) is 0 Å². The molecule has 0 saturated carbocycles. The van der Waals surface area contributed by atoms with Crippen molar-refractivity contribution in [1.82, 2.24) is 4.90 Å². The van der Waals surface area contributed by atoms with Crippen LogP contribution in [0.4, 0.5) is 5.69 Å². The number of rotatable bonds is 2. The number of carbonyl (C=O) groups is 3. The molecule has 122 valence electrons. The van der Waals surface area contributed by atoms with Crippen molar-refractivity contribution in [1.29, 1.82) is 0 Å². The Bertz CT molecular complexity index is 700. The Hall–Kier alpha value is -2.37. The van der Waals surface area contributed by atoms with E-state index in [-0.39, 0.29) is 18.4 Å². The molecular formula is C17H20N2O4. The molecule has 0 unspecified atom stereocenters. The monoisotopic (exact) mass is 316 g/mol. The molecular weight excluding hydrogens is 296 g/mol. The molecule has 2 amide bonds. The van der Waals surface area contributed by atoms with E-state index in [9.17, 15) is 19.5 Å². The lowest BCUT2D eigenvalue weighted by molar-refractivity contribution is -0.147. The number of hydrogen-bond acceptors (Lipinski definition) is 3. The molecule has 0 spiro atoms. The molecule has 2 aliphatic heterocycles. The number of anilines is 1. The van der Waals surface area contributed by atoms with E-state index >= 15 is 0 Å². The van der Waals surface area contributed by atoms with Crippen LogP contribution >= 0.6 is 0 Å². The fourth-order valence-corrected chi connectivity index (χ4v) is 3.35. The van der Waals surface area contributed by atoms with Crippen LogP contribution in [0.2, 0.25) is 0 Å². The molecule has 23 heavy (non-hydrogen) atoms. The third-order valence-corrected chi connectivity index (χ3v) is 4.88. The lowest BCUT2D eigenvalue weighted by Crippen LogP contribution is -2.34. The number of carboxylic acid groups (broad SMARTS) is 1. The molecule has 1 N–H and O–H groups in total. The summed E-state index contributed by atoms with van der Waals surface area (Å²) in [5, 5.41) is 9.28. The van der Waals surface area contributed by atoms with Crippen molar-refractivity contribution >= 4 is 23.5 Å². The van der Waals surface area contributed by atoms with Crippen LogP contribution < -0.4 is 4.90 Å². The predicted molar refractivity (Wildman–Crippen MR) is 84.4 cm³/mol. The lowest BCUT2D eigenvalue weighted by Gasteiger charge is -2.20. The number of benzene rings is 1. The molecule has 0 radical (unpaired) electrons. The lowest BCUT2D eigenvalue weighted by atomic mass is 9.90. The van der Waals surface area contributed by atoms with E-state index in [0.29, 0.717) is 25.1 Å². The Labute approximate surface area is 134 Å². The normalized spacial score (nSPS) is 23.0. The van der Waals surface area contributed by atoms with Gasteiger partial charge in [0.05, 0.1) is 5.41 Å². The molecule has 3 rings (SSSR count). The number of aliphatic carboxylic acids is 1. The number of likely N-dealkylation sites (tertiary alicyclic amines) is 1. The van der Waals surface area contributed by atoms with Crippen molar-refractivity contribution in [3.05, 3.63) is 29.3 Å². The van der Waals surface area contributed by atoms with Gasteiger partial charge in [-0.15, -0.1) is 0 Å². The van der Waals surface area contributed by atoms with E-state index in [0.717, 1.165) is 17.7 Å². The molecule has 1 aromatic rings. The zero-order chi connectivity index (χ0) is 16.8. The quantitative estimate of drug-likeness (QED) is 0.897. The Morgan fingerprint density at radius 1 is 1.22 bits per heavy atom. The summed E-state index contributed by atoms with van der Waals surface area (Å²) >= 11 is 0. The number of nitrogens with zero attached hydrogens (tertiary/aromatic N) is 2. The average molecular weight is 316 g/mol. The van der Waals surface area contributed by atoms with Gasteiger partial charge in [0, 0.05) is 37.8 Å². The molecule has 1 aromatic carbocycles. The number of hydrogen-bond donors (Lipinski definition) is 1. The van der Waals surface area contributed by atoms with Crippen LogP contribution in [0.15, 0.2) is 18.2 Å². The van der Waals surface area contributed by atoms with Crippen molar-refractivity contribution < 1.29 is 19.5 Å². The maximum atomic E-state index is 12.6. The zero-order valence-corrected chi connectivity index (χ0v) is 13.3. The first-order chi connectivity index (χ1) is 10.8. The minimum absolute atomic E-state index is 0.000376. The second-order valence-corrected chi connectivity index (χ2v) is 6.61. The van der Waals surface area contributed by atoms with E-state index < -0.39 is 11.4 Å². The highest BCUT2D eigenvalue weighted by atomic mass is 16.4. The highest BCUT2D eigenvalue weighted by molar-refractivity contribution is 5.98. The molecule has 0 bridgehead atoms. The first-order valence-corrected chi connectivity index (χ1v) is 7.75. The van der Waals surface area contributed by atoms with Crippen LogP contribution in [-0.2, 0) is 16.0 Å². The summed E-state index contributed by atoms with van der Waals surface area (Å²) in [6.45, 7) is 4.54. The SMILES string of the molecule is CC(=O)N1CCc2cc(C(=O)N3CC[C@](C)(C(=O)O)C3)ccc21. The van der Waals surface area contributed by atoms with Crippen molar-refractivity contribution in [3.63, 3.8) is 0 Å². The smallest absolute Gasteiger partial charge is 0.311 e. The fraction of sp³-hybridized carbons (Fsp3) is 0.471. The first-order valence-electron chi connectivity index (χ1n) is 7.75. The van der Waals surface area contributed by atoms with Crippen LogP contribution in [-0.4, -0.2) is 47.4 Å². The molecule has 1 saturated heterocycles. The van der Waals surface area contributed by atoms with Crippen molar-refractivity contribution in [2.24, 2.45) is 5.41 Å². The highest BCUT2D eigenvalue weighted by Gasteiger charge is 2.42. The number of amides is 2. The summed E-state index contributed by atoms with van der Waals surface area (Å²) < 4.78 is 0. The standard InChI is InChI=1S/C17H20N2O4/c1-11(20)19-7-5-12-9-13(3-4-14(12)19)15(21)18-8-6-17(2,10-18)16(22)23/h3-4,9H,5-8,10H2,1-2H3,(H,22,23)/t17-/m0/s1. The summed E-state index contributed by atoms with van der Waals surface area (Å²) in [4.78, 5) is 38.8. The Morgan fingerprint density at radius 2 is 1.96 bits per heavy atom. The van der Waals surface area contributed by atoms with E-state index in [1.165, 1.54) is 6.92 Å². The van der Waals surface area contributed by atoms with E-state index in [1.54, 1.807) is 22.8 Å². The maximum absolute atomic E-state index is 12.6. The first kappa shape index (κ1) is 15.5. The van der Waals surface area contributed by atoms with Gasteiger partial charge in [0.2, 0.25) is 5.91 Å². The van der Waals surface area contributed by atoms with Crippen LogP contribution in [0.25, 0.3) is 0 Å². The summed E-state index contributed by atoms with van der Waals surface area (Å²) in [6.07, 6.45) is 1.21. The minimum atomic E-state index is -0.863. The molecule has 2 heterocycles. The largest absolute Gasteiger partial charge is 0.481 e. The number of fused-ring (bicyclic) bond motifs is 1. The van der Waals surface area contributed by atoms with Crippen LogP contribution in [0.1, 0.15) is 36.2 Å².